The van der Waals surface area contributed by atoms with E-state index in [1.54, 1.807) is 18.2 Å². The van der Waals surface area contributed by atoms with Crippen molar-refractivity contribution in [1.82, 2.24) is 20.3 Å². The maximum atomic E-state index is 14.1. The van der Waals surface area contributed by atoms with E-state index >= 15 is 0 Å². The largest absolute Gasteiger partial charge is 0.496 e. The molecule has 7 nitrogen and oxygen atoms in total. The van der Waals surface area contributed by atoms with Gasteiger partial charge in [0, 0.05) is 5.56 Å². The monoisotopic (exact) mass is 424 g/mol. The number of hydrogen-bond acceptors (Lipinski definition) is 5. The number of methoxy groups -OCH3 is 1. The van der Waals surface area contributed by atoms with Gasteiger partial charge in [0.2, 0.25) is 5.91 Å². The Labute approximate surface area is 167 Å². The molecule has 0 fully saturated rings. The zero-order valence-electron chi connectivity index (χ0n) is 15.8. The van der Waals surface area contributed by atoms with Crippen molar-refractivity contribution in [2.24, 2.45) is 0 Å². The summed E-state index contributed by atoms with van der Waals surface area (Å²) >= 11 is 0. The van der Waals surface area contributed by atoms with Gasteiger partial charge >= 0.3 is 6.18 Å². The normalized spacial score (nSPS) is 12.6. The molecule has 3 aromatic rings. The highest BCUT2D eigenvalue weighted by Gasteiger charge is 2.31. The van der Waals surface area contributed by atoms with E-state index in [1.165, 1.54) is 14.0 Å². The Balaban J connectivity index is 1.79. The van der Waals surface area contributed by atoms with Crippen LogP contribution in [0.2, 0.25) is 0 Å². The van der Waals surface area contributed by atoms with E-state index in [0.29, 0.717) is 6.07 Å². The number of amides is 1. The first kappa shape index (κ1) is 21.2. The van der Waals surface area contributed by atoms with Crippen LogP contribution in [0.4, 0.5) is 17.6 Å². The van der Waals surface area contributed by atoms with Gasteiger partial charge in [0.05, 0.1) is 18.7 Å². The van der Waals surface area contributed by atoms with Crippen LogP contribution in [0, 0.1) is 5.82 Å². The highest BCUT2D eigenvalue weighted by Crippen LogP contribution is 2.31. The van der Waals surface area contributed by atoms with Crippen molar-refractivity contribution < 1.29 is 27.1 Å². The molecule has 0 radical (unpaired) electrons. The van der Waals surface area contributed by atoms with Gasteiger partial charge in [0.1, 0.15) is 29.0 Å². The molecule has 0 aliphatic carbocycles. The topological polar surface area (TPSA) is 86.1 Å². The zero-order valence-corrected chi connectivity index (χ0v) is 15.8. The Morgan fingerprint density at radius 2 is 2.00 bits per heavy atom. The van der Waals surface area contributed by atoms with E-state index in [2.05, 4.69) is 15.6 Å². The van der Waals surface area contributed by atoms with Crippen LogP contribution in [0.5, 0.6) is 5.75 Å². The van der Waals surface area contributed by atoms with Crippen LogP contribution in [0.1, 0.15) is 24.1 Å². The second kappa shape index (κ2) is 8.09. The predicted molar refractivity (Wildman–Crippen MR) is 98.3 cm³/mol. The fraction of sp³-hybridized carbons (Fsp3) is 0.263. The minimum atomic E-state index is -4.68. The number of benzene rings is 2. The van der Waals surface area contributed by atoms with Crippen LogP contribution in [-0.2, 0) is 17.5 Å². The Kier molecular flexibility index (Phi) is 5.72. The van der Waals surface area contributed by atoms with E-state index in [-0.39, 0.29) is 22.2 Å². The minimum absolute atomic E-state index is 0.130. The molecule has 0 aliphatic rings. The number of rotatable bonds is 5. The number of carbonyl (C=O) groups excluding carboxylic acids is 1. The molecule has 0 saturated heterocycles. The van der Waals surface area contributed by atoms with Crippen LogP contribution >= 0.6 is 0 Å². The molecule has 0 unspecified atom stereocenters. The molecule has 11 heteroatoms. The van der Waals surface area contributed by atoms with E-state index in [4.69, 9.17) is 4.74 Å². The summed E-state index contributed by atoms with van der Waals surface area (Å²) in [6.45, 7) is 0.883. The molecule has 0 saturated carbocycles. The van der Waals surface area contributed by atoms with Gasteiger partial charge in [0.25, 0.3) is 5.56 Å². The molecule has 1 N–H and O–H groups in total. The number of halogens is 4. The quantitative estimate of drug-likeness (QED) is 0.637. The Bertz CT molecular complexity index is 1160. The van der Waals surface area contributed by atoms with E-state index < -0.39 is 41.6 Å². The van der Waals surface area contributed by atoms with Crippen molar-refractivity contribution in [3.05, 3.63) is 63.7 Å². The molecule has 0 aliphatic heterocycles. The van der Waals surface area contributed by atoms with Gasteiger partial charge in [-0.05, 0) is 31.2 Å². The molecule has 1 heterocycles. The number of carbonyl (C=O) groups is 1. The first-order chi connectivity index (χ1) is 14.1. The van der Waals surface area contributed by atoms with E-state index in [0.717, 1.165) is 16.8 Å². The van der Waals surface area contributed by atoms with Crippen molar-refractivity contribution in [3.8, 4) is 5.75 Å². The van der Waals surface area contributed by atoms with Crippen molar-refractivity contribution in [2.75, 3.05) is 7.11 Å². The van der Waals surface area contributed by atoms with Crippen molar-refractivity contribution >= 4 is 16.8 Å². The van der Waals surface area contributed by atoms with Crippen LogP contribution in [0.25, 0.3) is 10.9 Å². The molecule has 0 spiro atoms. The molecule has 30 heavy (non-hydrogen) atoms. The molecule has 2 aromatic carbocycles. The zero-order chi connectivity index (χ0) is 22.1. The predicted octanol–water partition coefficient (Wildman–Crippen LogP) is 2.84. The molecular weight excluding hydrogens is 408 g/mol. The third-order valence-electron chi connectivity index (χ3n) is 4.40. The van der Waals surface area contributed by atoms with Gasteiger partial charge in [-0.1, -0.05) is 17.3 Å². The summed E-state index contributed by atoms with van der Waals surface area (Å²) < 4.78 is 58.0. The number of nitrogens with zero attached hydrogens (tertiary/aromatic N) is 3. The molecule has 1 aromatic heterocycles. The second-order valence-electron chi connectivity index (χ2n) is 6.43. The Hall–Kier alpha value is -3.50. The molecule has 158 valence electrons. The summed E-state index contributed by atoms with van der Waals surface area (Å²) in [7, 11) is 1.38. The average molecular weight is 424 g/mol. The third kappa shape index (κ3) is 4.24. The first-order valence-electron chi connectivity index (χ1n) is 8.68. The summed E-state index contributed by atoms with van der Waals surface area (Å²) in [6.07, 6.45) is -4.68. The first-order valence-corrected chi connectivity index (χ1v) is 8.68. The maximum Gasteiger partial charge on any atom is 0.416 e. The van der Waals surface area contributed by atoms with E-state index in [1.807, 2.05) is 0 Å². The van der Waals surface area contributed by atoms with E-state index in [9.17, 15) is 27.2 Å². The Morgan fingerprint density at radius 3 is 2.63 bits per heavy atom. The molecular formula is C19H16F4N4O3. The fourth-order valence-electron chi connectivity index (χ4n) is 2.92. The molecule has 3 rings (SSSR count). The van der Waals surface area contributed by atoms with Crippen molar-refractivity contribution in [2.45, 2.75) is 25.7 Å². The van der Waals surface area contributed by atoms with Gasteiger partial charge in [-0.3, -0.25) is 9.59 Å². The van der Waals surface area contributed by atoms with Gasteiger partial charge in [-0.15, -0.1) is 5.10 Å². The molecule has 1 amide bonds. The summed E-state index contributed by atoms with van der Waals surface area (Å²) in [6, 6.07) is 5.86. The van der Waals surface area contributed by atoms with Gasteiger partial charge < -0.3 is 10.1 Å². The maximum absolute atomic E-state index is 14.1. The Morgan fingerprint density at radius 1 is 1.27 bits per heavy atom. The lowest BCUT2D eigenvalue weighted by Gasteiger charge is -2.16. The summed E-state index contributed by atoms with van der Waals surface area (Å²) in [5.74, 6) is -1.54. The number of nitrogens with one attached hydrogen (secondary N) is 1. The van der Waals surface area contributed by atoms with Gasteiger partial charge in [0.15, 0.2) is 0 Å². The summed E-state index contributed by atoms with van der Waals surface area (Å²) in [5, 5.41) is 10.1. The summed E-state index contributed by atoms with van der Waals surface area (Å²) in [4.78, 5) is 24.9. The number of aromatic nitrogens is 3. The summed E-state index contributed by atoms with van der Waals surface area (Å²) in [5.41, 5.74) is -1.58. The van der Waals surface area contributed by atoms with Crippen LogP contribution in [-0.4, -0.2) is 28.0 Å². The number of fused-ring (bicyclic) bond motifs is 1. The van der Waals surface area contributed by atoms with Crippen molar-refractivity contribution in [1.29, 1.82) is 0 Å². The standard InChI is InChI=1S/C19H16F4N4O3/c1-10(12-7-6-11(8-13(12)20)19(21,22)23)24-16(28)9-27-18(29)17-14(25-26-27)4-3-5-15(17)30-2/h3-8,10H,9H2,1-2H3,(H,24,28)/t10-/m0/s1. The van der Waals surface area contributed by atoms with Crippen LogP contribution in [0.15, 0.2) is 41.2 Å². The minimum Gasteiger partial charge on any atom is -0.496 e. The lowest BCUT2D eigenvalue weighted by Crippen LogP contribution is -2.35. The third-order valence-corrected chi connectivity index (χ3v) is 4.40. The SMILES string of the molecule is COc1cccc2nnn(CC(=O)N[C@@H](C)c3ccc(C(F)(F)F)cc3F)c(=O)c12. The second-order valence-corrected chi connectivity index (χ2v) is 6.43. The average Bonchev–Trinajstić information content (AvgIpc) is 2.68. The van der Waals surface area contributed by atoms with Crippen LogP contribution in [0.3, 0.4) is 0 Å². The number of alkyl halides is 3. The van der Waals surface area contributed by atoms with Crippen molar-refractivity contribution in [3.63, 3.8) is 0 Å². The lowest BCUT2D eigenvalue weighted by atomic mass is 10.0. The van der Waals surface area contributed by atoms with Crippen LogP contribution < -0.4 is 15.6 Å². The highest BCUT2D eigenvalue weighted by atomic mass is 19.4. The molecule has 0 bridgehead atoms. The molecule has 1 atom stereocenters. The lowest BCUT2D eigenvalue weighted by molar-refractivity contribution is -0.137. The van der Waals surface area contributed by atoms with Gasteiger partial charge in [-0.25, -0.2) is 9.07 Å². The smallest absolute Gasteiger partial charge is 0.416 e. The number of ether oxygens (including phenoxy) is 1. The highest BCUT2D eigenvalue weighted by molar-refractivity contribution is 5.84. The number of hydrogen-bond donors (Lipinski definition) is 1. The fourth-order valence-corrected chi connectivity index (χ4v) is 2.92. The van der Waals surface area contributed by atoms with Gasteiger partial charge in [-0.2, -0.15) is 13.2 Å².